The molecule has 3 aromatic rings. The minimum Gasteiger partial charge on any atom is -0.497 e. The van der Waals surface area contributed by atoms with Crippen LogP contribution in [0.25, 0.3) is 11.5 Å². The van der Waals surface area contributed by atoms with Gasteiger partial charge in [-0.15, -0.1) is 10.2 Å². The van der Waals surface area contributed by atoms with Crippen LogP contribution >= 0.6 is 0 Å². The topological polar surface area (TPSA) is 135 Å². The summed E-state index contributed by atoms with van der Waals surface area (Å²) in [6, 6.07) is 17.7. The predicted octanol–water partition coefficient (Wildman–Crippen LogP) is 2.19. The van der Waals surface area contributed by atoms with Crippen LogP contribution in [0.2, 0.25) is 0 Å². The van der Waals surface area contributed by atoms with E-state index in [1.807, 2.05) is 54.6 Å². The number of carboxylic acid groups (broad SMARTS) is 2. The summed E-state index contributed by atoms with van der Waals surface area (Å²) in [7, 11) is 1.66. The molecule has 28 heavy (non-hydrogen) atoms. The lowest BCUT2D eigenvalue weighted by molar-refractivity contribution is -0.159. The molecule has 2 aromatic carbocycles. The summed E-state index contributed by atoms with van der Waals surface area (Å²) >= 11 is 0. The van der Waals surface area contributed by atoms with E-state index in [-0.39, 0.29) is 0 Å². The van der Waals surface area contributed by atoms with E-state index in [4.69, 9.17) is 29.0 Å². The Morgan fingerprint density at radius 3 is 2.36 bits per heavy atom. The van der Waals surface area contributed by atoms with Crippen LogP contribution in [0.4, 0.5) is 0 Å². The predicted molar refractivity (Wildman–Crippen MR) is 98.5 cm³/mol. The molecular weight excluding hydrogens is 366 g/mol. The summed E-state index contributed by atoms with van der Waals surface area (Å²) < 4.78 is 10.8. The molecule has 0 radical (unpaired) electrons. The molecule has 0 bridgehead atoms. The van der Waals surface area contributed by atoms with Gasteiger partial charge in [-0.25, -0.2) is 9.59 Å². The summed E-state index contributed by atoms with van der Waals surface area (Å²) in [5.74, 6) is -1.69. The van der Waals surface area contributed by atoms with Crippen molar-refractivity contribution in [3.05, 3.63) is 66.1 Å². The fourth-order valence-corrected chi connectivity index (χ4v) is 2.12. The third-order valence-corrected chi connectivity index (χ3v) is 3.41. The first-order chi connectivity index (χ1) is 13.5. The number of ether oxygens (including phenoxy) is 1. The zero-order chi connectivity index (χ0) is 20.4. The minimum absolute atomic E-state index is 0.525. The Hall–Kier alpha value is -3.72. The molecule has 0 saturated heterocycles. The highest BCUT2D eigenvalue weighted by Crippen LogP contribution is 2.17. The summed E-state index contributed by atoms with van der Waals surface area (Å²) in [5, 5.41) is 26.2. The smallest absolute Gasteiger partial charge is 0.414 e. The van der Waals surface area contributed by atoms with Crippen LogP contribution in [0.15, 0.2) is 59.0 Å². The lowest BCUT2D eigenvalue weighted by Crippen LogP contribution is -2.12. The van der Waals surface area contributed by atoms with E-state index in [0.717, 1.165) is 16.9 Å². The first-order valence-corrected chi connectivity index (χ1v) is 8.17. The largest absolute Gasteiger partial charge is 0.497 e. The van der Waals surface area contributed by atoms with Crippen LogP contribution in [-0.4, -0.2) is 39.5 Å². The average Bonchev–Trinajstić information content (AvgIpc) is 3.18. The lowest BCUT2D eigenvalue weighted by atomic mass is 10.2. The van der Waals surface area contributed by atoms with Crippen molar-refractivity contribution in [3.8, 4) is 17.2 Å². The summed E-state index contributed by atoms with van der Waals surface area (Å²) in [6.07, 6.45) is 0. The van der Waals surface area contributed by atoms with Crippen molar-refractivity contribution in [1.29, 1.82) is 0 Å². The molecule has 0 unspecified atom stereocenters. The van der Waals surface area contributed by atoms with Gasteiger partial charge in [0, 0.05) is 12.1 Å². The molecule has 0 saturated carbocycles. The normalized spacial score (nSPS) is 9.89. The van der Waals surface area contributed by atoms with Gasteiger partial charge in [0.1, 0.15) is 5.75 Å². The number of carbonyl (C=O) groups is 2. The van der Waals surface area contributed by atoms with Crippen molar-refractivity contribution < 1.29 is 29.0 Å². The van der Waals surface area contributed by atoms with E-state index in [0.29, 0.717) is 24.9 Å². The van der Waals surface area contributed by atoms with Crippen LogP contribution in [0.5, 0.6) is 5.75 Å². The fraction of sp³-hybridized carbons (Fsp3) is 0.158. The molecule has 3 rings (SSSR count). The second kappa shape index (κ2) is 10.4. The Morgan fingerprint density at radius 2 is 1.71 bits per heavy atom. The number of aliphatic carboxylic acids is 2. The van der Waals surface area contributed by atoms with Crippen LogP contribution in [0.1, 0.15) is 11.5 Å². The van der Waals surface area contributed by atoms with Crippen LogP contribution in [-0.2, 0) is 22.7 Å². The lowest BCUT2D eigenvalue weighted by Gasteiger charge is -2.04. The number of carboxylic acids is 2. The molecule has 1 heterocycles. The zero-order valence-electron chi connectivity index (χ0n) is 15.0. The highest BCUT2D eigenvalue weighted by Gasteiger charge is 2.07. The first-order valence-electron chi connectivity index (χ1n) is 8.17. The first kappa shape index (κ1) is 20.6. The molecule has 0 aliphatic heterocycles. The van der Waals surface area contributed by atoms with Gasteiger partial charge < -0.3 is 24.7 Å². The quantitative estimate of drug-likeness (QED) is 0.546. The van der Waals surface area contributed by atoms with Gasteiger partial charge in [0.05, 0.1) is 13.7 Å². The number of hydrogen-bond donors (Lipinski definition) is 3. The van der Waals surface area contributed by atoms with Gasteiger partial charge in [0.25, 0.3) is 0 Å². The molecule has 0 spiro atoms. The molecule has 1 aromatic heterocycles. The van der Waals surface area contributed by atoms with Crippen molar-refractivity contribution in [2.75, 3.05) is 7.11 Å². The number of rotatable bonds is 6. The van der Waals surface area contributed by atoms with E-state index >= 15 is 0 Å². The van der Waals surface area contributed by atoms with E-state index in [2.05, 4.69) is 15.5 Å². The zero-order valence-corrected chi connectivity index (χ0v) is 15.0. The number of methoxy groups -OCH3 is 1. The molecule has 9 nitrogen and oxygen atoms in total. The molecule has 0 atom stereocenters. The van der Waals surface area contributed by atoms with Crippen molar-refractivity contribution in [2.45, 2.75) is 13.1 Å². The monoisotopic (exact) mass is 385 g/mol. The summed E-state index contributed by atoms with van der Waals surface area (Å²) in [5.41, 5.74) is 2.07. The third kappa shape index (κ3) is 6.54. The minimum atomic E-state index is -1.82. The third-order valence-electron chi connectivity index (χ3n) is 3.41. The molecule has 0 amide bonds. The van der Waals surface area contributed by atoms with Crippen LogP contribution in [0, 0.1) is 0 Å². The van der Waals surface area contributed by atoms with Crippen molar-refractivity contribution in [2.24, 2.45) is 0 Å². The fourth-order valence-electron chi connectivity index (χ4n) is 2.12. The molecule has 3 N–H and O–H groups in total. The number of nitrogens with one attached hydrogen (secondary N) is 1. The second-order valence-corrected chi connectivity index (χ2v) is 5.43. The number of benzene rings is 2. The van der Waals surface area contributed by atoms with Gasteiger partial charge >= 0.3 is 11.9 Å². The molecule has 9 heteroatoms. The highest BCUT2D eigenvalue weighted by molar-refractivity contribution is 6.27. The van der Waals surface area contributed by atoms with Crippen LogP contribution < -0.4 is 10.1 Å². The van der Waals surface area contributed by atoms with Crippen LogP contribution in [0.3, 0.4) is 0 Å². The average molecular weight is 385 g/mol. The van der Waals surface area contributed by atoms with Gasteiger partial charge in [-0.1, -0.05) is 30.3 Å². The Bertz CT molecular complexity index is 899. The van der Waals surface area contributed by atoms with E-state index < -0.39 is 11.9 Å². The van der Waals surface area contributed by atoms with Crippen molar-refractivity contribution >= 4 is 11.9 Å². The van der Waals surface area contributed by atoms with E-state index in [9.17, 15) is 0 Å². The highest BCUT2D eigenvalue weighted by atomic mass is 16.5. The maximum atomic E-state index is 9.10. The SMILES string of the molecule is COc1cccc(CNCc2nnc(-c3ccccc3)o2)c1.O=C(O)C(=O)O. The van der Waals surface area contributed by atoms with Crippen molar-refractivity contribution in [3.63, 3.8) is 0 Å². The van der Waals surface area contributed by atoms with Gasteiger partial charge in [0.15, 0.2) is 0 Å². The van der Waals surface area contributed by atoms with Crippen molar-refractivity contribution in [1.82, 2.24) is 15.5 Å². The van der Waals surface area contributed by atoms with Gasteiger partial charge in [-0.3, -0.25) is 0 Å². The number of hydrogen-bond acceptors (Lipinski definition) is 7. The Morgan fingerprint density at radius 1 is 1.00 bits per heavy atom. The van der Waals surface area contributed by atoms with Gasteiger partial charge in [-0.2, -0.15) is 0 Å². The van der Waals surface area contributed by atoms with E-state index in [1.54, 1.807) is 7.11 Å². The molecule has 0 aliphatic carbocycles. The summed E-state index contributed by atoms with van der Waals surface area (Å²) in [4.78, 5) is 18.2. The molecular formula is C19H19N3O6. The maximum absolute atomic E-state index is 9.10. The molecule has 0 fully saturated rings. The second-order valence-electron chi connectivity index (χ2n) is 5.43. The Balaban J connectivity index is 0.000000409. The number of aromatic nitrogens is 2. The molecule has 146 valence electrons. The molecule has 0 aliphatic rings. The standard InChI is InChI=1S/C17H17N3O2.C2H2O4/c1-21-15-9-5-6-13(10-15)11-18-12-16-19-20-17(22-16)14-7-3-2-4-8-14;3-1(4)2(5)6/h2-10,18H,11-12H2,1H3;(H,3,4)(H,5,6). The Kier molecular flexibility index (Phi) is 7.67. The summed E-state index contributed by atoms with van der Waals surface area (Å²) in [6.45, 7) is 1.23. The maximum Gasteiger partial charge on any atom is 0.414 e. The van der Waals surface area contributed by atoms with Gasteiger partial charge in [0.2, 0.25) is 11.8 Å². The van der Waals surface area contributed by atoms with E-state index in [1.165, 1.54) is 0 Å². The Labute approximate surface area is 160 Å². The van der Waals surface area contributed by atoms with Gasteiger partial charge in [-0.05, 0) is 29.8 Å². The number of nitrogens with zero attached hydrogens (tertiary/aromatic N) is 2.